The van der Waals surface area contributed by atoms with Gasteiger partial charge in [0, 0.05) is 18.6 Å². The molecule has 2 aromatic rings. The molecule has 1 aliphatic rings. The minimum absolute atomic E-state index is 0.0285. The number of Topliss-reactive ketones (excluding diaryl/α,β-unsaturated/α-hetero) is 1. The maximum atomic E-state index is 12.9. The van der Waals surface area contributed by atoms with Crippen LogP contribution in [-0.2, 0) is 0 Å². The van der Waals surface area contributed by atoms with Crippen LogP contribution in [0.2, 0.25) is 0 Å². The molecule has 0 radical (unpaired) electrons. The summed E-state index contributed by atoms with van der Waals surface area (Å²) in [6.07, 6.45) is -3.79. The zero-order valence-corrected chi connectivity index (χ0v) is 16.3. The fourth-order valence-electron chi connectivity index (χ4n) is 2.98. The molecule has 9 heteroatoms. The van der Waals surface area contributed by atoms with Crippen LogP contribution < -0.4 is 18.9 Å². The van der Waals surface area contributed by atoms with Crippen molar-refractivity contribution < 1.29 is 41.3 Å². The van der Waals surface area contributed by atoms with Gasteiger partial charge in [0.05, 0.1) is 12.7 Å². The third-order valence-electron chi connectivity index (χ3n) is 4.26. The first-order chi connectivity index (χ1) is 14.1. The monoisotopic (exact) mass is 426 g/mol. The average Bonchev–Trinajstić information content (AvgIpc) is 2.59. The molecule has 0 fully saturated rings. The first kappa shape index (κ1) is 21.5. The van der Waals surface area contributed by atoms with Gasteiger partial charge in [0.1, 0.15) is 29.2 Å². The lowest BCUT2D eigenvalue weighted by Gasteiger charge is -2.23. The highest BCUT2D eigenvalue weighted by molar-refractivity contribution is 5.98. The zero-order chi connectivity index (χ0) is 22.1. The Bertz CT molecular complexity index is 998. The van der Waals surface area contributed by atoms with Gasteiger partial charge < -0.3 is 18.9 Å². The number of hydrogen-bond acceptors (Lipinski definition) is 5. The van der Waals surface area contributed by atoms with E-state index in [1.807, 2.05) is 0 Å². The van der Waals surface area contributed by atoms with Crippen molar-refractivity contribution in [3.05, 3.63) is 53.4 Å². The van der Waals surface area contributed by atoms with Gasteiger partial charge in [0.2, 0.25) is 0 Å². The molecule has 0 aromatic heterocycles. The van der Waals surface area contributed by atoms with Gasteiger partial charge >= 0.3 is 6.36 Å². The van der Waals surface area contributed by atoms with E-state index in [4.69, 9.17) is 14.2 Å². The van der Waals surface area contributed by atoms with Crippen molar-refractivity contribution in [2.45, 2.75) is 32.7 Å². The Morgan fingerprint density at radius 1 is 1.07 bits per heavy atom. The van der Waals surface area contributed by atoms with Crippen LogP contribution in [0.5, 0.6) is 28.7 Å². The van der Waals surface area contributed by atoms with Gasteiger partial charge in [-0.1, -0.05) is 0 Å². The molecule has 0 spiro atoms. The molecule has 0 heterocycles. The molecule has 160 valence electrons. The minimum Gasteiger partial charge on any atom is -0.493 e. The standard InChI is InChI=1S/C21H18F4O5/c1-11-6-15(28-16-7-13(22)8-16)10-19(20(11)12(2)26)29-17-5-4-14(9-18(17)27-3)30-21(23,24)25/h4-7,9-10,16H,8H2,1-3H3. The lowest BCUT2D eigenvalue weighted by Crippen LogP contribution is -2.21. The van der Waals surface area contributed by atoms with Gasteiger partial charge in [0.25, 0.3) is 0 Å². The van der Waals surface area contributed by atoms with Gasteiger partial charge in [-0.2, -0.15) is 0 Å². The van der Waals surface area contributed by atoms with Crippen LogP contribution in [0.3, 0.4) is 0 Å². The summed E-state index contributed by atoms with van der Waals surface area (Å²) in [5.74, 6) is -0.495. The van der Waals surface area contributed by atoms with E-state index >= 15 is 0 Å². The Labute approximate surface area is 169 Å². The van der Waals surface area contributed by atoms with E-state index in [1.54, 1.807) is 13.0 Å². The second-order valence-corrected chi connectivity index (χ2v) is 6.61. The number of carbonyl (C=O) groups is 1. The quantitative estimate of drug-likeness (QED) is 0.408. The number of benzene rings is 2. The summed E-state index contributed by atoms with van der Waals surface area (Å²) in [5.41, 5.74) is 0.838. The lowest BCUT2D eigenvalue weighted by atomic mass is 10.0. The number of halogens is 4. The largest absolute Gasteiger partial charge is 0.573 e. The number of ether oxygens (including phenoxy) is 4. The number of carbonyl (C=O) groups excluding carboxylic acids is 1. The summed E-state index contributed by atoms with van der Waals surface area (Å²) >= 11 is 0. The molecule has 0 saturated heterocycles. The average molecular weight is 426 g/mol. The van der Waals surface area contributed by atoms with Crippen molar-refractivity contribution in [2.24, 2.45) is 0 Å². The Morgan fingerprint density at radius 2 is 1.73 bits per heavy atom. The number of ketones is 1. The zero-order valence-electron chi connectivity index (χ0n) is 16.3. The number of rotatable bonds is 7. The Balaban J connectivity index is 1.94. The predicted molar refractivity (Wildman–Crippen MR) is 99.2 cm³/mol. The summed E-state index contributed by atoms with van der Waals surface area (Å²) in [4.78, 5) is 12.1. The second kappa shape index (κ2) is 8.25. The van der Waals surface area contributed by atoms with Crippen molar-refractivity contribution in [3.8, 4) is 28.7 Å². The molecule has 0 saturated carbocycles. The fourth-order valence-corrected chi connectivity index (χ4v) is 2.98. The van der Waals surface area contributed by atoms with Crippen LogP contribution in [0.25, 0.3) is 0 Å². The van der Waals surface area contributed by atoms with Crippen LogP contribution in [-0.4, -0.2) is 25.4 Å². The fraction of sp³-hybridized carbons (Fsp3) is 0.286. The van der Waals surface area contributed by atoms with Gasteiger partial charge in [-0.3, -0.25) is 4.79 Å². The number of methoxy groups -OCH3 is 1. The molecule has 1 atom stereocenters. The van der Waals surface area contributed by atoms with E-state index in [9.17, 15) is 22.4 Å². The Morgan fingerprint density at radius 3 is 2.30 bits per heavy atom. The van der Waals surface area contributed by atoms with Crippen LogP contribution in [0, 0.1) is 6.92 Å². The summed E-state index contributed by atoms with van der Waals surface area (Å²) in [7, 11) is 1.26. The van der Waals surface area contributed by atoms with Crippen molar-refractivity contribution >= 4 is 5.78 Å². The highest BCUT2D eigenvalue weighted by Crippen LogP contribution is 2.40. The number of aryl methyl sites for hydroxylation is 1. The molecule has 0 bridgehead atoms. The van der Waals surface area contributed by atoms with E-state index in [0.717, 1.165) is 12.1 Å². The Hall–Kier alpha value is -3.23. The molecule has 3 rings (SSSR count). The van der Waals surface area contributed by atoms with E-state index in [2.05, 4.69) is 4.74 Å². The maximum absolute atomic E-state index is 12.9. The van der Waals surface area contributed by atoms with Gasteiger partial charge in [0.15, 0.2) is 17.3 Å². The highest BCUT2D eigenvalue weighted by Gasteiger charge is 2.31. The molecule has 1 unspecified atom stereocenters. The van der Waals surface area contributed by atoms with Gasteiger partial charge in [-0.05, 0) is 43.7 Å². The summed E-state index contributed by atoms with van der Waals surface area (Å²) in [6.45, 7) is 3.04. The van der Waals surface area contributed by atoms with Crippen molar-refractivity contribution in [2.75, 3.05) is 7.11 Å². The molecule has 2 aromatic carbocycles. The predicted octanol–water partition coefficient (Wildman–Crippen LogP) is 5.90. The van der Waals surface area contributed by atoms with Crippen molar-refractivity contribution in [3.63, 3.8) is 0 Å². The minimum atomic E-state index is -4.85. The first-order valence-corrected chi connectivity index (χ1v) is 8.86. The first-order valence-electron chi connectivity index (χ1n) is 8.86. The van der Waals surface area contributed by atoms with Crippen LogP contribution in [0.15, 0.2) is 42.2 Å². The van der Waals surface area contributed by atoms with Crippen molar-refractivity contribution in [1.82, 2.24) is 0 Å². The summed E-state index contributed by atoms with van der Waals surface area (Å²) < 4.78 is 70.7. The number of alkyl halides is 3. The topological polar surface area (TPSA) is 54.0 Å². The molecule has 0 N–H and O–H groups in total. The third-order valence-corrected chi connectivity index (χ3v) is 4.26. The summed E-state index contributed by atoms with van der Waals surface area (Å²) in [6, 6.07) is 6.41. The number of hydrogen-bond donors (Lipinski definition) is 0. The summed E-state index contributed by atoms with van der Waals surface area (Å²) in [5, 5.41) is 0. The SMILES string of the molecule is COc1cc(OC(F)(F)F)ccc1Oc1cc(OC2C=C(F)C2)cc(C)c1C(C)=O. The van der Waals surface area contributed by atoms with E-state index in [1.165, 1.54) is 32.2 Å². The second-order valence-electron chi connectivity index (χ2n) is 6.61. The molecule has 5 nitrogen and oxygen atoms in total. The molecule has 0 amide bonds. The van der Waals surface area contributed by atoms with Crippen LogP contribution in [0.4, 0.5) is 17.6 Å². The van der Waals surface area contributed by atoms with Crippen LogP contribution >= 0.6 is 0 Å². The Kier molecular flexibility index (Phi) is 5.91. The molecule has 0 aliphatic heterocycles. The van der Waals surface area contributed by atoms with E-state index < -0.39 is 18.2 Å². The smallest absolute Gasteiger partial charge is 0.493 e. The normalized spacial score (nSPS) is 15.7. The molecular formula is C21H18F4O5. The third kappa shape index (κ3) is 5.03. The van der Waals surface area contributed by atoms with Gasteiger partial charge in [-0.25, -0.2) is 4.39 Å². The maximum Gasteiger partial charge on any atom is 0.573 e. The molecule has 30 heavy (non-hydrogen) atoms. The molecular weight excluding hydrogens is 408 g/mol. The van der Waals surface area contributed by atoms with Crippen molar-refractivity contribution in [1.29, 1.82) is 0 Å². The lowest BCUT2D eigenvalue weighted by molar-refractivity contribution is -0.274. The van der Waals surface area contributed by atoms with Crippen LogP contribution in [0.1, 0.15) is 29.3 Å². The van der Waals surface area contributed by atoms with Gasteiger partial charge in [-0.15, -0.1) is 13.2 Å². The molecule has 1 aliphatic carbocycles. The van der Waals surface area contributed by atoms with E-state index in [-0.39, 0.29) is 40.8 Å². The van der Waals surface area contributed by atoms with E-state index in [0.29, 0.717) is 11.3 Å². The highest BCUT2D eigenvalue weighted by atomic mass is 19.4.